The molecule has 3 nitrogen and oxygen atoms in total. The summed E-state index contributed by atoms with van der Waals surface area (Å²) in [5.41, 5.74) is 2.18. The van der Waals surface area contributed by atoms with Crippen LogP contribution in [0.2, 0.25) is 4.34 Å². The second-order valence-corrected chi connectivity index (χ2v) is 6.98. The van der Waals surface area contributed by atoms with Gasteiger partial charge in [0.1, 0.15) is 0 Å². The molecule has 3 rings (SSSR count). The first-order valence-corrected chi connectivity index (χ1v) is 8.13. The van der Waals surface area contributed by atoms with Gasteiger partial charge in [0.15, 0.2) is 5.13 Å². The van der Waals surface area contributed by atoms with Crippen molar-refractivity contribution >= 4 is 55.5 Å². The maximum atomic E-state index is 12.0. The zero-order valence-corrected chi connectivity index (χ0v) is 13.0. The molecule has 0 aliphatic heterocycles. The quantitative estimate of drug-likeness (QED) is 0.750. The number of fused-ring (bicyclic) bond motifs is 1. The molecule has 0 fully saturated rings. The number of anilines is 1. The number of benzene rings is 1. The minimum absolute atomic E-state index is 0.170. The average molecular weight is 323 g/mol. The first kappa shape index (κ1) is 13.5. The SMILES string of the molecule is CCc1ccc2nc(NC(=O)c3ccc(Cl)s3)sc2c1. The summed E-state index contributed by atoms with van der Waals surface area (Å²) in [6, 6.07) is 9.59. The lowest BCUT2D eigenvalue weighted by molar-refractivity contribution is 0.103. The van der Waals surface area contributed by atoms with Crippen molar-refractivity contribution in [3.05, 3.63) is 45.1 Å². The van der Waals surface area contributed by atoms with E-state index in [4.69, 9.17) is 11.6 Å². The van der Waals surface area contributed by atoms with Crippen LogP contribution in [0.1, 0.15) is 22.2 Å². The minimum atomic E-state index is -0.170. The number of carbonyl (C=O) groups excluding carboxylic acids is 1. The molecule has 0 radical (unpaired) electrons. The second-order valence-electron chi connectivity index (χ2n) is 4.23. The smallest absolute Gasteiger partial charge is 0.267 e. The highest BCUT2D eigenvalue weighted by atomic mass is 35.5. The van der Waals surface area contributed by atoms with Crippen molar-refractivity contribution < 1.29 is 4.79 Å². The van der Waals surface area contributed by atoms with Gasteiger partial charge >= 0.3 is 0 Å². The van der Waals surface area contributed by atoms with Gasteiger partial charge < -0.3 is 0 Å². The van der Waals surface area contributed by atoms with Crippen LogP contribution in [0.3, 0.4) is 0 Å². The van der Waals surface area contributed by atoms with Crippen LogP contribution < -0.4 is 5.32 Å². The highest BCUT2D eigenvalue weighted by Crippen LogP contribution is 2.28. The molecule has 0 aliphatic rings. The van der Waals surface area contributed by atoms with E-state index >= 15 is 0 Å². The number of thiophene rings is 1. The Balaban J connectivity index is 1.85. The van der Waals surface area contributed by atoms with E-state index in [2.05, 4.69) is 29.4 Å². The summed E-state index contributed by atoms with van der Waals surface area (Å²) in [4.78, 5) is 17.0. The number of nitrogens with one attached hydrogen (secondary N) is 1. The van der Waals surface area contributed by atoms with Crippen LogP contribution in [0, 0.1) is 0 Å². The third-order valence-electron chi connectivity index (χ3n) is 2.88. The number of rotatable bonds is 3. The van der Waals surface area contributed by atoms with E-state index in [0.29, 0.717) is 14.3 Å². The lowest BCUT2D eigenvalue weighted by Gasteiger charge is -1.96. The van der Waals surface area contributed by atoms with Crippen LogP contribution in [-0.4, -0.2) is 10.9 Å². The third kappa shape index (κ3) is 2.70. The number of nitrogens with zero attached hydrogens (tertiary/aromatic N) is 1. The van der Waals surface area contributed by atoms with Gasteiger partial charge in [-0.2, -0.15) is 0 Å². The van der Waals surface area contributed by atoms with E-state index in [-0.39, 0.29) is 5.91 Å². The number of amides is 1. The molecule has 1 amide bonds. The maximum Gasteiger partial charge on any atom is 0.267 e. The van der Waals surface area contributed by atoms with Crippen LogP contribution in [-0.2, 0) is 6.42 Å². The number of thiazole rings is 1. The topological polar surface area (TPSA) is 42.0 Å². The van der Waals surface area contributed by atoms with Crippen molar-refractivity contribution in [3.8, 4) is 0 Å². The standard InChI is InChI=1S/C14H11ClN2OS2/c1-2-8-3-4-9-11(7-8)20-14(16-9)17-13(18)10-5-6-12(15)19-10/h3-7H,2H2,1H3,(H,16,17,18). The van der Waals surface area contributed by atoms with Gasteiger partial charge in [-0.25, -0.2) is 4.98 Å². The average Bonchev–Trinajstić information content (AvgIpc) is 3.03. The molecule has 0 atom stereocenters. The summed E-state index contributed by atoms with van der Waals surface area (Å²) in [7, 11) is 0. The van der Waals surface area contributed by atoms with E-state index in [9.17, 15) is 4.79 Å². The van der Waals surface area contributed by atoms with Crippen molar-refractivity contribution in [2.75, 3.05) is 5.32 Å². The van der Waals surface area contributed by atoms with Crippen LogP contribution in [0.15, 0.2) is 30.3 Å². The summed E-state index contributed by atoms with van der Waals surface area (Å²) >= 11 is 8.57. The fourth-order valence-corrected chi connectivity index (χ4v) is 3.70. The Labute approximate surface area is 129 Å². The van der Waals surface area contributed by atoms with Crippen LogP contribution in [0.5, 0.6) is 0 Å². The molecule has 0 saturated carbocycles. The lowest BCUT2D eigenvalue weighted by Crippen LogP contribution is -2.09. The Hall–Kier alpha value is -1.43. The molecule has 6 heteroatoms. The van der Waals surface area contributed by atoms with Gasteiger partial charge in [-0.15, -0.1) is 11.3 Å². The Kier molecular flexibility index (Phi) is 3.74. The van der Waals surface area contributed by atoms with E-state index in [1.807, 2.05) is 6.07 Å². The molecule has 0 spiro atoms. The third-order valence-corrected chi connectivity index (χ3v) is 5.04. The van der Waals surface area contributed by atoms with E-state index < -0.39 is 0 Å². The number of carbonyl (C=O) groups is 1. The molecule has 0 bridgehead atoms. The van der Waals surface area contributed by atoms with Gasteiger partial charge in [0.25, 0.3) is 5.91 Å². The molecule has 1 N–H and O–H groups in total. The fourth-order valence-electron chi connectivity index (χ4n) is 1.84. The van der Waals surface area contributed by atoms with Crippen LogP contribution >= 0.6 is 34.3 Å². The predicted octanol–water partition coefficient (Wildman–Crippen LogP) is 4.83. The van der Waals surface area contributed by atoms with E-state index in [1.165, 1.54) is 28.2 Å². The summed E-state index contributed by atoms with van der Waals surface area (Å²) in [5, 5.41) is 3.43. The zero-order chi connectivity index (χ0) is 14.1. The lowest BCUT2D eigenvalue weighted by atomic mass is 10.2. The molecule has 20 heavy (non-hydrogen) atoms. The maximum absolute atomic E-state index is 12.0. The Bertz CT molecular complexity index is 778. The monoisotopic (exact) mass is 322 g/mol. The molecule has 2 heterocycles. The molecule has 2 aromatic heterocycles. The first-order chi connectivity index (χ1) is 9.65. The Morgan fingerprint density at radius 1 is 1.30 bits per heavy atom. The molecule has 0 saturated heterocycles. The van der Waals surface area contributed by atoms with Gasteiger partial charge in [0.2, 0.25) is 0 Å². The predicted molar refractivity (Wildman–Crippen MR) is 86.3 cm³/mol. The molecule has 102 valence electrons. The number of aryl methyl sites for hydroxylation is 1. The first-order valence-electron chi connectivity index (χ1n) is 6.12. The minimum Gasteiger partial charge on any atom is -0.297 e. The number of halogens is 1. The summed E-state index contributed by atoms with van der Waals surface area (Å²) in [5.74, 6) is -0.170. The van der Waals surface area contributed by atoms with Crippen molar-refractivity contribution in [1.82, 2.24) is 4.98 Å². The van der Waals surface area contributed by atoms with Gasteiger partial charge in [-0.05, 0) is 36.2 Å². The van der Waals surface area contributed by atoms with Crippen LogP contribution in [0.25, 0.3) is 10.2 Å². The van der Waals surface area contributed by atoms with E-state index in [0.717, 1.165) is 16.6 Å². The number of aromatic nitrogens is 1. The van der Waals surface area contributed by atoms with Crippen molar-refractivity contribution in [2.24, 2.45) is 0 Å². The number of hydrogen-bond acceptors (Lipinski definition) is 4. The van der Waals surface area contributed by atoms with Crippen LogP contribution in [0.4, 0.5) is 5.13 Å². The summed E-state index contributed by atoms with van der Waals surface area (Å²) in [6.45, 7) is 2.12. The molecule has 0 aliphatic carbocycles. The fraction of sp³-hybridized carbons (Fsp3) is 0.143. The number of hydrogen-bond donors (Lipinski definition) is 1. The van der Waals surface area contributed by atoms with Gasteiger partial charge in [0.05, 0.1) is 19.4 Å². The highest BCUT2D eigenvalue weighted by molar-refractivity contribution is 7.22. The zero-order valence-electron chi connectivity index (χ0n) is 10.6. The molecular formula is C14H11ClN2OS2. The molecule has 3 aromatic rings. The molecule has 0 unspecified atom stereocenters. The second kappa shape index (κ2) is 5.52. The van der Waals surface area contributed by atoms with Gasteiger partial charge in [-0.1, -0.05) is 35.9 Å². The van der Waals surface area contributed by atoms with Crippen molar-refractivity contribution in [2.45, 2.75) is 13.3 Å². The summed E-state index contributed by atoms with van der Waals surface area (Å²) in [6.07, 6.45) is 0.989. The molecular weight excluding hydrogens is 312 g/mol. The highest BCUT2D eigenvalue weighted by Gasteiger charge is 2.12. The Morgan fingerprint density at radius 3 is 2.85 bits per heavy atom. The van der Waals surface area contributed by atoms with Gasteiger partial charge in [-0.3, -0.25) is 10.1 Å². The Morgan fingerprint density at radius 2 is 2.15 bits per heavy atom. The van der Waals surface area contributed by atoms with Crippen molar-refractivity contribution in [1.29, 1.82) is 0 Å². The molecule has 1 aromatic carbocycles. The normalized spacial score (nSPS) is 10.9. The van der Waals surface area contributed by atoms with E-state index in [1.54, 1.807) is 12.1 Å². The van der Waals surface area contributed by atoms with Crippen molar-refractivity contribution in [3.63, 3.8) is 0 Å². The largest absolute Gasteiger partial charge is 0.297 e. The van der Waals surface area contributed by atoms with Gasteiger partial charge in [0, 0.05) is 0 Å². The summed E-state index contributed by atoms with van der Waals surface area (Å²) < 4.78 is 1.69.